The molecule has 9 rings (SSSR count). The van der Waals surface area contributed by atoms with Crippen molar-refractivity contribution in [3.8, 4) is 0 Å². The molecular weight excluding hydrogens is 741 g/mol. The fourth-order valence-corrected chi connectivity index (χ4v) is 8.76. The number of anilines is 2. The van der Waals surface area contributed by atoms with Gasteiger partial charge < -0.3 is 50.5 Å². The summed E-state index contributed by atoms with van der Waals surface area (Å²) in [6.45, 7) is 9.87. The fraction of sp³-hybridized carbons (Fsp3) is 0.476. The molecular formula is C42H54N10O6. The van der Waals surface area contributed by atoms with E-state index >= 15 is 0 Å². The summed E-state index contributed by atoms with van der Waals surface area (Å²) in [6.07, 6.45) is 5.22. The van der Waals surface area contributed by atoms with E-state index < -0.39 is 5.60 Å². The summed E-state index contributed by atoms with van der Waals surface area (Å²) in [5, 5.41) is 31.2. The molecule has 6 aromatic rings. The van der Waals surface area contributed by atoms with Gasteiger partial charge in [-0.15, -0.1) is 0 Å². The van der Waals surface area contributed by atoms with Crippen molar-refractivity contribution in [2.75, 3.05) is 37.9 Å². The second-order valence-electron chi connectivity index (χ2n) is 15.8. The SMILES string of the molecule is C[C@H]1C[C@H]2O[C@@]2(CO)[C@@H]1COCc1ccccc1.Cc1nc(N)nc2c1ncn2[C@H]1C[C@H](C)[C@@H](COCc2ccccc2)[C@@]1(O)CO.Cc1nc(N)nc2nc[nH]c12. The minimum atomic E-state index is -1.35. The first-order chi connectivity index (χ1) is 28.0. The third kappa shape index (κ3) is 8.39. The van der Waals surface area contributed by atoms with Gasteiger partial charge in [0.05, 0.1) is 75.8 Å². The Morgan fingerprint density at radius 3 is 2.03 bits per heavy atom. The van der Waals surface area contributed by atoms with E-state index in [1.807, 2.05) is 66.9 Å². The van der Waals surface area contributed by atoms with Gasteiger partial charge in [-0.25, -0.2) is 19.9 Å². The largest absolute Gasteiger partial charge is 0.393 e. The molecule has 1 saturated heterocycles. The number of nitrogens with one attached hydrogen (secondary N) is 1. The Balaban J connectivity index is 0.000000149. The summed E-state index contributed by atoms with van der Waals surface area (Å²) >= 11 is 0. The van der Waals surface area contributed by atoms with Crippen LogP contribution in [0.1, 0.15) is 55.2 Å². The van der Waals surface area contributed by atoms with E-state index in [4.69, 9.17) is 25.7 Å². The number of aryl methyl sites for hydroxylation is 2. The summed E-state index contributed by atoms with van der Waals surface area (Å²) in [6, 6.07) is 19.7. The predicted molar refractivity (Wildman–Crippen MR) is 218 cm³/mol. The molecule has 16 nitrogen and oxygen atoms in total. The van der Waals surface area contributed by atoms with Crippen LogP contribution in [0.5, 0.6) is 0 Å². The van der Waals surface area contributed by atoms with Gasteiger partial charge in [0.25, 0.3) is 0 Å². The number of hydrogen-bond donors (Lipinski definition) is 6. The van der Waals surface area contributed by atoms with E-state index in [9.17, 15) is 15.3 Å². The van der Waals surface area contributed by atoms with Crippen molar-refractivity contribution in [1.29, 1.82) is 0 Å². The summed E-state index contributed by atoms with van der Waals surface area (Å²) in [7, 11) is 0. The van der Waals surface area contributed by atoms with Crippen LogP contribution in [0, 0.1) is 37.5 Å². The zero-order valence-corrected chi connectivity index (χ0v) is 33.4. The maximum Gasteiger partial charge on any atom is 0.222 e. The van der Waals surface area contributed by atoms with E-state index in [0.29, 0.717) is 67.2 Å². The van der Waals surface area contributed by atoms with Crippen molar-refractivity contribution >= 4 is 34.2 Å². The first-order valence-electron chi connectivity index (χ1n) is 19.7. The summed E-state index contributed by atoms with van der Waals surface area (Å²) in [4.78, 5) is 27.7. The normalized spacial score (nSPS) is 27.2. The quantitative estimate of drug-likeness (QED) is 0.101. The number of nitrogen functional groups attached to an aromatic ring is 2. The molecule has 1 aliphatic heterocycles. The molecule has 308 valence electrons. The number of fused-ring (bicyclic) bond motifs is 3. The average Bonchev–Trinajstić information content (AvgIpc) is 3.56. The topological polar surface area (TPSA) is 242 Å². The number of H-pyrrole nitrogens is 1. The number of epoxide rings is 1. The zero-order valence-electron chi connectivity index (χ0n) is 33.4. The summed E-state index contributed by atoms with van der Waals surface area (Å²) in [5.74, 6) is 1.26. The first-order valence-corrected chi connectivity index (χ1v) is 19.7. The molecule has 5 heterocycles. The van der Waals surface area contributed by atoms with Crippen LogP contribution in [0.25, 0.3) is 22.3 Å². The Morgan fingerprint density at radius 1 is 0.793 bits per heavy atom. The average molecular weight is 795 g/mol. The zero-order chi connectivity index (χ0) is 41.0. The van der Waals surface area contributed by atoms with Crippen molar-refractivity contribution < 1.29 is 29.5 Å². The van der Waals surface area contributed by atoms with Crippen LogP contribution in [-0.4, -0.2) is 98.5 Å². The van der Waals surface area contributed by atoms with E-state index in [0.717, 1.165) is 23.2 Å². The van der Waals surface area contributed by atoms with Crippen molar-refractivity contribution in [3.05, 3.63) is 95.8 Å². The van der Waals surface area contributed by atoms with Gasteiger partial charge in [-0.1, -0.05) is 74.5 Å². The van der Waals surface area contributed by atoms with E-state index in [1.165, 1.54) is 5.56 Å². The van der Waals surface area contributed by atoms with E-state index in [1.54, 1.807) is 12.7 Å². The molecule has 2 saturated carbocycles. The number of ether oxygens (including phenoxy) is 3. The Kier molecular flexibility index (Phi) is 12.3. The molecule has 3 aliphatic rings. The van der Waals surface area contributed by atoms with Gasteiger partial charge in [-0.05, 0) is 49.7 Å². The number of hydrogen-bond acceptors (Lipinski definition) is 14. The summed E-state index contributed by atoms with van der Waals surface area (Å²) < 4.78 is 19.2. The van der Waals surface area contributed by atoms with Gasteiger partial charge in [0.2, 0.25) is 11.9 Å². The van der Waals surface area contributed by atoms with Gasteiger partial charge in [0.1, 0.15) is 22.2 Å². The first kappa shape index (κ1) is 41.1. The lowest BCUT2D eigenvalue weighted by Crippen LogP contribution is -2.46. The monoisotopic (exact) mass is 794 g/mol. The van der Waals surface area contributed by atoms with Gasteiger partial charge in [-0.2, -0.15) is 9.97 Å². The number of aliphatic hydroxyl groups excluding tert-OH is 2. The van der Waals surface area contributed by atoms with Gasteiger partial charge in [0, 0.05) is 11.8 Å². The van der Waals surface area contributed by atoms with Crippen molar-refractivity contribution in [2.24, 2.45) is 23.7 Å². The molecule has 0 spiro atoms. The van der Waals surface area contributed by atoms with E-state index in [2.05, 4.69) is 60.9 Å². The molecule has 4 aromatic heterocycles. The van der Waals surface area contributed by atoms with Crippen LogP contribution in [0.2, 0.25) is 0 Å². The van der Waals surface area contributed by atoms with Crippen LogP contribution < -0.4 is 11.5 Å². The lowest BCUT2D eigenvalue weighted by Gasteiger charge is -2.34. The minimum Gasteiger partial charge on any atom is -0.393 e. The highest BCUT2D eigenvalue weighted by atomic mass is 16.6. The van der Waals surface area contributed by atoms with Gasteiger partial charge in [-0.3, -0.25) is 0 Å². The number of nitrogens with zero attached hydrogens (tertiary/aromatic N) is 7. The minimum absolute atomic E-state index is 0.126. The molecule has 2 aromatic carbocycles. The van der Waals surface area contributed by atoms with Gasteiger partial charge >= 0.3 is 0 Å². The molecule has 8 atom stereocenters. The smallest absolute Gasteiger partial charge is 0.222 e. The number of rotatable bonds is 11. The third-order valence-corrected chi connectivity index (χ3v) is 12.0. The van der Waals surface area contributed by atoms with Crippen LogP contribution in [0.15, 0.2) is 73.3 Å². The molecule has 2 aliphatic carbocycles. The second kappa shape index (κ2) is 17.4. The van der Waals surface area contributed by atoms with Crippen LogP contribution in [0.4, 0.5) is 11.9 Å². The lowest BCUT2D eigenvalue weighted by atomic mass is 9.86. The number of benzene rings is 2. The molecule has 3 fully saturated rings. The molecule has 0 unspecified atom stereocenters. The van der Waals surface area contributed by atoms with Crippen molar-refractivity contribution in [3.63, 3.8) is 0 Å². The van der Waals surface area contributed by atoms with Gasteiger partial charge in [0.15, 0.2) is 11.3 Å². The number of aliphatic hydroxyl groups is 3. The molecule has 0 radical (unpaired) electrons. The number of nitrogens with two attached hydrogens (primary N) is 2. The number of aromatic nitrogens is 8. The maximum atomic E-state index is 11.5. The highest BCUT2D eigenvalue weighted by Gasteiger charge is 2.67. The molecule has 0 bridgehead atoms. The lowest BCUT2D eigenvalue weighted by molar-refractivity contribution is -0.0992. The molecule has 16 heteroatoms. The second-order valence-corrected chi connectivity index (χ2v) is 15.8. The molecule has 0 amide bonds. The van der Waals surface area contributed by atoms with E-state index in [-0.39, 0.29) is 54.7 Å². The van der Waals surface area contributed by atoms with Crippen LogP contribution >= 0.6 is 0 Å². The molecule has 8 N–H and O–H groups in total. The van der Waals surface area contributed by atoms with Crippen LogP contribution in [0.3, 0.4) is 0 Å². The highest BCUT2D eigenvalue weighted by Crippen LogP contribution is 2.56. The fourth-order valence-electron chi connectivity index (χ4n) is 8.76. The van der Waals surface area contributed by atoms with Crippen LogP contribution in [-0.2, 0) is 27.4 Å². The standard InChI is InChI=1S/C21H27N5O3.C15H20O3.C6H7N5/c1-13-8-17(26-12-23-18-14(2)24-20(22)25-19(18)26)21(28,11-27)16(13)10-29-9-15-6-4-3-5-7-15;1-11-7-14-15(10-16,18-14)13(11)9-17-8-12-5-3-2-4-6-12;1-3-4-5(9-2-8-4)11-6(7)10-3/h3-7,12-13,16-17,27-28H,8-11H2,1-2H3,(H2,22,24,25);2-6,11,13-14,16H,7-10H2,1H3;2H,1H3,(H3,7,8,9,10,11)/t13-,16+,17-,21-;11-,13+,14+,15-;/m00./s1. The van der Waals surface area contributed by atoms with Crippen molar-refractivity contribution in [1.82, 2.24) is 39.5 Å². The van der Waals surface area contributed by atoms with Crippen molar-refractivity contribution in [2.45, 2.75) is 77.1 Å². The predicted octanol–water partition coefficient (Wildman–Crippen LogP) is 4.09. The Bertz CT molecular complexity index is 2270. The number of aromatic amines is 1. The number of imidazole rings is 2. The summed E-state index contributed by atoms with van der Waals surface area (Å²) in [5.41, 5.74) is 16.1. The Hall–Kier alpha value is -5.10. The third-order valence-electron chi connectivity index (χ3n) is 12.0. The maximum absolute atomic E-state index is 11.5. The Morgan fingerprint density at radius 2 is 1.40 bits per heavy atom. The highest BCUT2D eigenvalue weighted by molar-refractivity contribution is 5.75. The Labute approximate surface area is 337 Å². The molecule has 58 heavy (non-hydrogen) atoms.